The third-order valence-corrected chi connectivity index (χ3v) is 4.39. The van der Waals surface area contributed by atoms with Crippen molar-refractivity contribution in [2.45, 2.75) is 25.9 Å². The Bertz CT molecular complexity index is 759. The number of carbonyl (C=O) groups is 2. The first kappa shape index (κ1) is 17.5. The van der Waals surface area contributed by atoms with Crippen molar-refractivity contribution in [1.82, 2.24) is 0 Å². The quantitative estimate of drug-likeness (QED) is 0.804. The summed E-state index contributed by atoms with van der Waals surface area (Å²) in [5, 5.41) is 2.58. The van der Waals surface area contributed by atoms with E-state index in [0.29, 0.717) is 23.9 Å². The van der Waals surface area contributed by atoms with E-state index in [1.165, 1.54) is 4.90 Å². The lowest BCUT2D eigenvalue weighted by Gasteiger charge is -2.15. The Balaban J connectivity index is 1.66. The highest BCUT2D eigenvalue weighted by molar-refractivity contribution is 6.30. The molecule has 1 aliphatic heterocycles. The van der Waals surface area contributed by atoms with E-state index in [-0.39, 0.29) is 18.2 Å². The van der Waals surface area contributed by atoms with Crippen molar-refractivity contribution < 1.29 is 19.6 Å². The van der Waals surface area contributed by atoms with E-state index in [4.69, 9.17) is 16.3 Å². The number of hydrogen-bond acceptors (Lipinski definition) is 3. The van der Waals surface area contributed by atoms with Gasteiger partial charge >= 0.3 is 0 Å². The minimum atomic E-state index is -0.394. The topological polar surface area (TPSA) is 63.2 Å². The molecule has 0 aliphatic carbocycles. The van der Waals surface area contributed by atoms with Crippen LogP contribution in [-0.4, -0.2) is 24.5 Å². The summed E-state index contributed by atoms with van der Waals surface area (Å²) in [6.45, 7) is 3.10. The zero-order valence-corrected chi connectivity index (χ0v) is 14.7. The summed E-state index contributed by atoms with van der Waals surface area (Å²) in [6.07, 6.45) is 0.208. The predicted molar refractivity (Wildman–Crippen MR) is 95.6 cm³/mol. The number of quaternary nitrogens is 1. The van der Waals surface area contributed by atoms with E-state index in [1.807, 2.05) is 36.5 Å². The third-order valence-electron chi connectivity index (χ3n) is 4.14. The highest BCUT2D eigenvalue weighted by atomic mass is 35.5. The molecule has 2 amide bonds. The van der Waals surface area contributed by atoms with Gasteiger partial charge in [0.1, 0.15) is 12.3 Å². The van der Waals surface area contributed by atoms with Gasteiger partial charge in [-0.3, -0.25) is 9.59 Å². The van der Waals surface area contributed by atoms with Gasteiger partial charge < -0.3 is 10.1 Å². The Kier molecular flexibility index (Phi) is 5.36. The summed E-state index contributed by atoms with van der Waals surface area (Å²) >= 11 is 5.87. The summed E-state index contributed by atoms with van der Waals surface area (Å²) in [5.74, 6) is 0.367. The van der Waals surface area contributed by atoms with Crippen LogP contribution < -0.4 is 15.0 Å². The van der Waals surface area contributed by atoms with Crippen LogP contribution in [0.2, 0.25) is 5.02 Å². The Morgan fingerprint density at radius 2 is 1.80 bits per heavy atom. The first-order valence-electron chi connectivity index (χ1n) is 8.26. The largest absolute Gasteiger partial charge is 0.494 e. The fraction of sp³-hybridized carbons (Fsp3) is 0.263. The molecule has 1 aliphatic rings. The Hall–Kier alpha value is -2.37. The van der Waals surface area contributed by atoms with Crippen molar-refractivity contribution in [3.8, 4) is 5.75 Å². The Labute approximate surface area is 151 Å². The van der Waals surface area contributed by atoms with Crippen molar-refractivity contribution >= 4 is 29.1 Å². The van der Waals surface area contributed by atoms with E-state index >= 15 is 0 Å². The molecule has 25 heavy (non-hydrogen) atoms. The highest BCUT2D eigenvalue weighted by Gasteiger charge is 2.42. The van der Waals surface area contributed by atoms with Gasteiger partial charge in [0.15, 0.2) is 6.04 Å². The average Bonchev–Trinajstić information content (AvgIpc) is 2.89. The zero-order valence-electron chi connectivity index (χ0n) is 13.9. The van der Waals surface area contributed by atoms with E-state index in [1.54, 1.807) is 24.3 Å². The van der Waals surface area contributed by atoms with Crippen molar-refractivity contribution in [1.29, 1.82) is 0 Å². The molecule has 1 atom stereocenters. The smallest absolute Gasteiger partial charge is 0.292 e. The summed E-state index contributed by atoms with van der Waals surface area (Å²) in [5.41, 5.74) is 1.64. The fourth-order valence-corrected chi connectivity index (χ4v) is 2.99. The molecule has 1 saturated heterocycles. The lowest BCUT2D eigenvalue weighted by molar-refractivity contribution is -0.690. The molecular formula is C19H20ClN2O3+. The van der Waals surface area contributed by atoms with Crippen LogP contribution in [0.15, 0.2) is 48.5 Å². The van der Waals surface area contributed by atoms with Gasteiger partial charge in [-0.1, -0.05) is 23.7 Å². The molecule has 1 fully saturated rings. The first-order chi connectivity index (χ1) is 12.1. The fourth-order valence-electron chi connectivity index (χ4n) is 2.87. The second-order valence-corrected chi connectivity index (χ2v) is 6.31. The number of nitrogens with two attached hydrogens (primary N) is 1. The minimum absolute atomic E-state index is 0.175. The molecule has 3 rings (SSSR count). The second kappa shape index (κ2) is 7.68. The van der Waals surface area contributed by atoms with Crippen molar-refractivity contribution in [3.05, 3.63) is 59.1 Å². The molecule has 2 aromatic carbocycles. The van der Waals surface area contributed by atoms with E-state index in [2.05, 4.69) is 0 Å². The predicted octanol–water partition coefficient (Wildman–Crippen LogP) is 2.13. The normalized spacial score (nSPS) is 17.2. The highest BCUT2D eigenvalue weighted by Crippen LogP contribution is 2.24. The molecule has 0 bridgehead atoms. The molecule has 6 heteroatoms. The standard InChI is InChI=1S/C19H19ClN2O3/c1-2-25-16-9-7-15(8-10-16)22-18(23)11-17(19(22)24)21-12-13-3-5-14(20)6-4-13/h3-10,17,21H,2,11-12H2,1H3/p+1/t17-/m1/s1. The number of hydrogen-bond donors (Lipinski definition) is 1. The second-order valence-electron chi connectivity index (χ2n) is 5.87. The molecule has 2 N–H and O–H groups in total. The summed E-state index contributed by atoms with van der Waals surface area (Å²) in [6, 6.07) is 14.1. The van der Waals surface area contributed by atoms with Crippen molar-refractivity contribution in [2.24, 2.45) is 0 Å². The van der Waals surface area contributed by atoms with Crippen molar-refractivity contribution in [3.63, 3.8) is 0 Å². The van der Waals surface area contributed by atoms with Crippen LogP contribution in [0.25, 0.3) is 0 Å². The number of imide groups is 1. The average molecular weight is 360 g/mol. The zero-order chi connectivity index (χ0) is 17.8. The molecule has 130 valence electrons. The van der Waals surface area contributed by atoms with Gasteiger partial charge in [-0.15, -0.1) is 0 Å². The Morgan fingerprint density at radius 3 is 2.44 bits per heavy atom. The maximum atomic E-state index is 12.6. The number of carbonyl (C=O) groups excluding carboxylic acids is 2. The maximum absolute atomic E-state index is 12.6. The molecule has 0 radical (unpaired) electrons. The van der Waals surface area contributed by atoms with E-state index < -0.39 is 6.04 Å². The van der Waals surface area contributed by atoms with Crippen LogP contribution in [0.3, 0.4) is 0 Å². The number of nitrogens with zero attached hydrogens (tertiary/aromatic N) is 1. The van der Waals surface area contributed by atoms with E-state index in [9.17, 15) is 9.59 Å². The van der Waals surface area contributed by atoms with Gasteiger partial charge in [-0.25, -0.2) is 4.90 Å². The summed E-state index contributed by atoms with van der Waals surface area (Å²) in [7, 11) is 0. The number of anilines is 1. The van der Waals surface area contributed by atoms with Gasteiger partial charge in [-0.05, 0) is 43.3 Å². The number of ether oxygens (including phenoxy) is 1. The number of amides is 2. The van der Waals surface area contributed by atoms with Crippen molar-refractivity contribution in [2.75, 3.05) is 11.5 Å². The van der Waals surface area contributed by atoms with Gasteiger partial charge in [0.25, 0.3) is 5.91 Å². The molecule has 0 spiro atoms. The minimum Gasteiger partial charge on any atom is -0.494 e. The van der Waals surface area contributed by atoms with Crippen LogP contribution in [0.1, 0.15) is 18.9 Å². The van der Waals surface area contributed by atoms with Gasteiger partial charge in [0.05, 0.1) is 18.7 Å². The number of halogens is 1. The third kappa shape index (κ3) is 4.00. The molecule has 5 nitrogen and oxygen atoms in total. The number of benzene rings is 2. The Morgan fingerprint density at radius 1 is 1.12 bits per heavy atom. The summed E-state index contributed by atoms with van der Waals surface area (Å²) in [4.78, 5) is 26.2. The van der Waals surface area contributed by atoms with Gasteiger partial charge in [0, 0.05) is 10.6 Å². The lowest BCUT2D eigenvalue weighted by Crippen LogP contribution is -2.90. The lowest BCUT2D eigenvalue weighted by atomic mass is 10.2. The molecule has 2 aromatic rings. The molecule has 0 saturated carbocycles. The van der Waals surface area contributed by atoms with Crippen LogP contribution in [0.4, 0.5) is 5.69 Å². The summed E-state index contributed by atoms with van der Waals surface area (Å²) < 4.78 is 5.39. The number of rotatable bonds is 6. The van der Waals surface area contributed by atoms with Gasteiger partial charge in [0.2, 0.25) is 5.91 Å². The van der Waals surface area contributed by atoms with Crippen LogP contribution in [0, 0.1) is 0 Å². The molecule has 0 aromatic heterocycles. The maximum Gasteiger partial charge on any atom is 0.292 e. The van der Waals surface area contributed by atoms with E-state index in [0.717, 1.165) is 11.3 Å². The SMILES string of the molecule is CCOc1ccc(N2C(=O)C[C@@H]([NH2+]Cc3ccc(Cl)cc3)C2=O)cc1. The van der Waals surface area contributed by atoms with Crippen LogP contribution in [0.5, 0.6) is 5.75 Å². The monoisotopic (exact) mass is 359 g/mol. The molecular weight excluding hydrogens is 340 g/mol. The molecule has 1 heterocycles. The van der Waals surface area contributed by atoms with Crippen LogP contribution in [-0.2, 0) is 16.1 Å². The molecule has 0 unspecified atom stereocenters. The van der Waals surface area contributed by atoms with Crippen LogP contribution >= 0.6 is 11.6 Å². The first-order valence-corrected chi connectivity index (χ1v) is 8.63. The van der Waals surface area contributed by atoms with Gasteiger partial charge in [-0.2, -0.15) is 0 Å².